The Morgan fingerprint density at radius 3 is 2.20 bits per heavy atom. The molecule has 112 valence electrons. The van der Waals surface area contributed by atoms with Crippen LogP contribution in [-0.2, 0) is 4.79 Å². The van der Waals surface area contributed by atoms with E-state index in [2.05, 4.69) is 10.2 Å². The second-order valence-corrected chi connectivity index (χ2v) is 7.74. The van der Waals surface area contributed by atoms with Gasteiger partial charge in [0.15, 0.2) is 0 Å². The Labute approximate surface area is 122 Å². The highest BCUT2D eigenvalue weighted by molar-refractivity contribution is 5.82. The van der Waals surface area contributed by atoms with Crippen LogP contribution in [0.5, 0.6) is 0 Å². The third kappa shape index (κ3) is 2.88. The molecule has 1 heterocycles. The average molecular weight is 276 g/mol. The second kappa shape index (κ2) is 5.32. The van der Waals surface area contributed by atoms with Gasteiger partial charge in [-0.25, -0.2) is 0 Å². The summed E-state index contributed by atoms with van der Waals surface area (Å²) in [6.45, 7) is 2.09. The zero-order valence-electron chi connectivity index (χ0n) is 12.5. The number of nitrogens with one attached hydrogen (secondary N) is 1. The van der Waals surface area contributed by atoms with Crippen molar-refractivity contribution >= 4 is 5.91 Å². The topological polar surface area (TPSA) is 32.3 Å². The van der Waals surface area contributed by atoms with Gasteiger partial charge >= 0.3 is 0 Å². The smallest absolute Gasteiger partial charge is 0.239 e. The van der Waals surface area contributed by atoms with Gasteiger partial charge in [0.05, 0.1) is 6.04 Å². The molecule has 4 aliphatic rings. The summed E-state index contributed by atoms with van der Waals surface area (Å²) in [5.41, 5.74) is 0. The van der Waals surface area contributed by atoms with Crippen LogP contribution in [0.15, 0.2) is 0 Å². The van der Waals surface area contributed by atoms with E-state index in [0.29, 0.717) is 11.9 Å². The summed E-state index contributed by atoms with van der Waals surface area (Å²) in [7, 11) is 0. The van der Waals surface area contributed by atoms with Gasteiger partial charge in [0.25, 0.3) is 0 Å². The molecule has 3 saturated carbocycles. The largest absolute Gasteiger partial charge is 0.341 e. The summed E-state index contributed by atoms with van der Waals surface area (Å²) < 4.78 is 0. The Kier molecular flexibility index (Phi) is 3.49. The van der Waals surface area contributed by atoms with Crippen LogP contribution in [0.1, 0.15) is 57.8 Å². The number of nitrogens with zero attached hydrogens (tertiary/aromatic N) is 1. The predicted octanol–water partition coefficient (Wildman–Crippen LogP) is 2.56. The molecule has 3 atom stereocenters. The second-order valence-electron chi connectivity index (χ2n) is 7.74. The molecular weight excluding hydrogens is 248 g/mol. The lowest BCUT2D eigenvalue weighted by molar-refractivity contribution is -0.133. The summed E-state index contributed by atoms with van der Waals surface area (Å²) in [6, 6.07) is 0.780. The van der Waals surface area contributed by atoms with Crippen LogP contribution in [0.4, 0.5) is 0 Å². The molecule has 1 amide bonds. The standard InChI is InChI=1S/C17H28N2O/c20-17(16-9-14-3-1-2-4-15(14)18-16)19(10-12-5-6-12)11-13-7-8-13/h12-16,18H,1-11H2. The summed E-state index contributed by atoms with van der Waals surface area (Å²) in [5.74, 6) is 2.85. The van der Waals surface area contributed by atoms with Crippen LogP contribution < -0.4 is 5.32 Å². The zero-order chi connectivity index (χ0) is 13.5. The van der Waals surface area contributed by atoms with E-state index >= 15 is 0 Å². The molecular formula is C17H28N2O. The molecule has 3 nitrogen and oxygen atoms in total. The maximum Gasteiger partial charge on any atom is 0.239 e. The lowest BCUT2D eigenvalue weighted by atomic mass is 9.85. The van der Waals surface area contributed by atoms with E-state index in [1.54, 1.807) is 0 Å². The third-order valence-electron chi connectivity index (χ3n) is 5.82. The van der Waals surface area contributed by atoms with Crippen molar-refractivity contribution in [2.75, 3.05) is 13.1 Å². The van der Waals surface area contributed by atoms with Gasteiger partial charge in [-0.3, -0.25) is 4.79 Å². The van der Waals surface area contributed by atoms with Crippen molar-refractivity contribution in [3.63, 3.8) is 0 Å². The molecule has 1 N–H and O–H groups in total. The van der Waals surface area contributed by atoms with Gasteiger partial charge in [-0.2, -0.15) is 0 Å². The predicted molar refractivity (Wildman–Crippen MR) is 79.3 cm³/mol. The highest BCUT2D eigenvalue weighted by Gasteiger charge is 2.41. The van der Waals surface area contributed by atoms with E-state index in [9.17, 15) is 4.79 Å². The first-order valence-electron chi connectivity index (χ1n) is 8.84. The Bertz CT molecular complexity index is 347. The van der Waals surface area contributed by atoms with Crippen molar-refractivity contribution in [2.45, 2.75) is 69.9 Å². The number of amides is 1. The highest BCUT2D eigenvalue weighted by Crippen LogP contribution is 2.36. The summed E-state index contributed by atoms with van der Waals surface area (Å²) in [4.78, 5) is 15.1. The van der Waals surface area contributed by atoms with Gasteiger partial charge in [-0.15, -0.1) is 0 Å². The molecule has 1 saturated heterocycles. The molecule has 3 unspecified atom stereocenters. The average Bonchev–Trinajstić information content (AvgIpc) is 3.37. The highest BCUT2D eigenvalue weighted by atomic mass is 16.2. The maximum atomic E-state index is 12.9. The van der Waals surface area contributed by atoms with Crippen molar-refractivity contribution in [2.24, 2.45) is 17.8 Å². The SMILES string of the molecule is O=C(C1CC2CCCCC2N1)N(CC1CC1)CC1CC1. The maximum absolute atomic E-state index is 12.9. The molecule has 3 heteroatoms. The fourth-order valence-corrected chi connectivity index (χ4v) is 4.21. The molecule has 4 rings (SSSR count). The molecule has 20 heavy (non-hydrogen) atoms. The van der Waals surface area contributed by atoms with Gasteiger partial charge < -0.3 is 10.2 Å². The van der Waals surface area contributed by atoms with E-state index in [1.807, 2.05) is 0 Å². The summed E-state index contributed by atoms with van der Waals surface area (Å²) >= 11 is 0. The minimum Gasteiger partial charge on any atom is -0.341 e. The van der Waals surface area contributed by atoms with Crippen LogP contribution in [0, 0.1) is 17.8 Å². The number of hydrogen-bond donors (Lipinski definition) is 1. The third-order valence-corrected chi connectivity index (χ3v) is 5.82. The van der Waals surface area contributed by atoms with Crippen LogP contribution in [0.3, 0.4) is 0 Å². The van der Waals surface area contributed by atoms with Crippen molar-refractivity contribution < 1.29 is 4.79 Å². The monoisotopic (exact) mass is 276 g/mol. The number of carbonyl (C=O) groups excluding carboxylic acids is 1. The minimum absolute atomic E-state index is 0.139. The molecule has 0 aromatic heterocycles. The van der Waals surface area contributed by atoms with Crippen molar-refractivity contribution in [3.8, 4) is 0 Å². The molecule has 0 spiro atoms. The summed E-state index contributed by atoms with van der Waals surface area (Å²) in [5, 5.41) is 3.67. The van der Waals surface area contributed by atoms with Gasteiger partial charge in [0, 0.05) is 19.1 Å². The molecule has 0 aromatic carbocycles. The number of fused-ring (bicyclic) bond motifs is 1. The number of carbonyl (C=O) groups is 1. The molecule has 1 aliphatic heterocycles. The van der Waals surface area contributed by atoms with Crippen molar-refractivity contribution in [1.29, 1.82) is 0 Å². The van der Waals surface area contributed by atoms with Crippen LogP contribution >= 0.6 is 0 Å². The number of rotatable bonds is 5. The first-order chi connectivity index (χ1) is 9.79. The van der Waals surface area contributed by atoms with Crippen molar-refractivity contribution in [1.82, 2.24) is 10.2 Å². The first-order valence-corrected chi connectivity index (χ1v) is 8.84. The van der Waals surface area contributed by atoms with E-state index < -0.39 is 0 Å². The molecule has 0 radical (unpaired) electrons. The first kappa shape index (κ1) is 13.1. The van der Waals surface area contributed by atoms with E-state index in [1.165, 1.54) is 51.4 Å². The molecule has 3 aliphatic carbocycles. The fourth-order valence-electron chi connectivity index (χ4n) is 4.21. The van der Waals surface area contributed by atoms with Gasteiger partial charge in [-0.1, -0.05) is 12.8 Å². The Hall–Kier alpha value is -0.570. The lowest BCUT2D eigenvalue weighted by Crippen LogP contribution is -2.46. The van der Waals surface area contributed by atoms with Gasteiger partial charge in [0.2, 0.25) is 5.91 Å². The van der Waals surface area contributed by atoms with Gasteiger partial charge in [0.1, 0.15) is 0 Å². The Morgan fingerprint density at radius 1 is 0.950 bits per heavy atom. The minimum atomic E-state index is 0.139. The van der Waals surface area contributed by atoms with E-state index in [-0.39, 0.29) is 6.04 Å². The zero-order valence-corrected chi connectivity index (χ0v) is 12.5. The van der Waals surface area contributed by atoms with Crippen LogP contribution in [0.25, 0.3) is 0 Å². The van der Waals surface area contributed by atoms with Crippen LogP contribution in [0.2, 0.25) is 0 Å². The molecule has 0 bridgehead atoms. The van der Waals surface area contributed by atoms with E-state index in [4.69, 9.17) is 0 Å². The van der Waals surface area contributed by atoms with Crippen LogP contribution in [-0.4, -0.2) is 36.0 Å². The van der Waals surface area contributed by atoms with E-state index in [0.717, 1.165) is 37.3 Å². The Balaban J connectivity index is 1.38. The molecule has 4 fully saturated rings. The Morgan fingerprint density at radius 2 is 1.60 bits per heavy atom. The fraction of sp³-hybridized carbons (Fsp3) is 0.941. The van der Waals surface area contributed by atoms with Crippen molar-refractivity contribution in [3.05, 3.63) is 0 Å². The molecule has 0 aromatic rings. The normalized spacial score (nSPS) is 36.7. The van der Waals surface area contributed by atoms with Gasteiger partial charge in [-0.05, 0) is 62.7 Å². The quantitative estimate of drug-likeness (QED) is 0.837. The lowest BCUT2D eigenvalue weighted by Gasteiger charge is -2.26. The number of hydrogen-bond acceptors (Lipinski definition) is 2. The summed E-state index contributed by atoms with van der Waals surface area (Å²) in [6.07, 6.45) is 11.8.